The summed E-state index contributed by atoms with van der Waals surface area (Å²) < 4.78 is 25.9. The van der Waals surface area contributed by atoms with Gasteiger partial charge in [0, 0.05) is 13.1 Å². The lowest BCUT2D eigenvalue weighted by atomic mass is 9.91. The van der Waals surface area contributed by atoms with Gasteiger partial charge in [-0.05, 0) is 37.0 Å². The molecule has 1 aliphatic heterocycles. The van der Waals surface area contributed by atoms with Gasteiger partial charge >= 0.3 is 0 Å². The molecule has 1 aromatic carbocycles. The molecular weight excluding hydrogens is 309 g/mol. The SMILES string of the molecule is O=S(=O)(c1ccc(Cl)c(Cl)c1)N1CC(O)(C2CC2)C1. The van der Waals surface area contributed by atoms with Crippen LogP contribution < -0.4 is 0 Å². The van der Waals surface area contributed by atoms with Crippen molar-refractivity contribution in [3.63, 3.8) is 0 Å². The summed E-state index contributed by atoms with van der Waals surface area (Å²) in [5.74, 6) is 0.257. The maximum Gasteiger partial charge on any atom is 0.243 e. The summed E-state index contributed by atoms with van der Waals surface area (Å²) in [5.41, 5.74) is -0.830. The normalized spacial score (nSPS) is 23.1. The van der Waals surface area contributed by atoms with Crippen LogP contribution in [-0.4, -0.2) is 36.5 Å². The van der Waals surface area contributed by atoms with Gasteiger partial charge in [-0.15, -0.1) is 0 Å². The Balaban J connectivity index is 1.82. The molecule has 4 nitrogen and oxygen atoms in total. The highest BCUT2D eigenvalue weighted by Gasteiger charge is 2.55. The molecule has 7 heteroatoms. The minimum absolute atomic E-state index is 0.111. The van der Waals surface area contributed by atoms with Crippen LogP contribution in [0.25, 0.3) is 0 Å². The van der Waals surface area contributed by atoms with Gasteiger partial charge < -0.3 is 5.11 Å². The van der Waals surface area contributed by atoms with Crippen LogP contribution in [-0.2, 0) is 10.0 Å². The van der Waals surface area contributed by atoms with Crippen LogP contribution in [0.3, 0.4) is 0 Å². The predicted octanol–water partition coefficient (Wildman–Crippen LogP) is 2.14. The van der Waals surface area contributed by atoms with E-state index >= 15 is 0 Å². The van der Waals surface area contributed by atoms with Crippen molar-refractivity contribution < 1.29 is 13.5 Å². The molecule has 0 spiro atoms. The monoisotopic (exact) mass is 321 g/mol. The van der Waals surface area contributed by atoms with Crippen molar-refractivity contribution in [1.29, 1.82) is 0 Å². The minimum Gasteiger partial charge on any atom is -0.387 e. The second-order valence-electron chi connectivity index (χ2n) is 5.23. The predicted molar refractivity (Wildman–Crippen MR) is 72.9 cm³/mol. The summed E-state index contributed by atoms with van der Waals surface area (Å²) in [6, 6.07) is 4.23. The molecule has 104 valence electrons. The molecule has 0 atom stereocenters. The number of nitrogens with zero attached hydrogens (tertiary/aromatic N) is 1. The second kappa shape index (κ2) is 4.33. The zero-order valence-corrected chi connectivity index (χ0v) is 12.3. The summed E-state index contributed by atoms with van der Waals surface area (Å²) in [5, 5.41) is 10.7. The fourth-order valence-electron chi connectivity index (χ4n) is 2.40. The van der Waals surface area contributed by atoms with Gasteiger partial charge in [0.2, 0.25) is 10.0 Å². The van der Waals surface area contributed by atoms with Gasteiger partial charge in [-0.1, -0.05) is 23.2 Å². The Kier molecular flexibility index (Phi) is 3.11. The van der Waals surface area contributed by atoms with Crippen LogP contribution in [0.4, 0.5) is 0 Å². The topological polar surface area (TPSA) is 57.6 Å². The largest absolute Gasteiger partial charge is 0.387 e. The molecule has 3 rings (SSSR count). The van der Waals surface area contributed by atoms with Crippen molar-refractivity contribution in [2.75, 3.05) is 13.1 Å². The quantitative estimate of drug-likeness (QED) is 0.927. The fraction of sp³-hybridized carbons (Fsp3) is 0.500. The smallest absolute Gasteiger partial charge is 0.243 e. The van der Waals surface area contributed by atoms with Crippen molar-refractivity contribution in [3.8, 4) is 0 Å². The average Bonchev–Trinajstić information content (AvgIpc) is 3.12. The summed E-state index contributed by atoms with van der Waals surface area (Å²) in [7, 11) is -3.59. The van der Waals surface area contributed by atoms with E-state index < -0.39 is 15.6 Å². The van der Waals surface area contributed by atoms with Crippen molar-refractivity contribution in [1.82, 2.24) is 4.31 Å². The van der Waals surface area contributed by atoms with Crippen LogP contribution in [0, 0.1) is 5.92 Å². The van der Waals surface area contributed by atoms with E-state index in [0.29, 0.717) is 5.02 Å². The van der Waals surface area contributed by atoms with Crippen LogP contribution in [0.2, 0.25) is 10.0 Å². The minimum atomic E-state index is -3.59. The standard InChI is InChI=1S/C12H13Cl2NO3S/c13-10-4-3-9(5-11(10)14)19(17,18)15-6-12(16,7-15)8-1-2-8/h3-5,8,16H,1-2,6-7H2. The van der Waals surface area contributed by atoms with E-state index in [1.165, 1.54) is 22.5 Å². The van der Waals surface area contributed by atoms with Crippen molar-refractivity contribution in [3.05, 3.63) is 28.2 Å². The van der Waals surface area contributed by atoms with Gasteiger partial charge in [0.1, 0.15) is 0 Å². The molecule has 1 N–H and O–H groups in total. The third-order valence-corrected chi connectivity index (χ3v) is 6.29. The summed E-state index contributed by atoms with van der Waals surface area (Å²) in [6.45, 7) is 0.334. The second-order valence-corrected chi connectivity index (χ2v) is 7.98. The fourth-order valence-corrected chi connectivity index (χ4v) is 4.35. The summed E-state index contributed by atoms with van der Waals surface area (Å²) >= 11 is 11.6. The maximum absolute atomic E-state index is 12.3. The zero-order valence-electron chi connectivity index (χ0n) is 10.0. The van der Waals surface area contributed by atoms with Crippen LogP contribution in [0.15, 0.2) is 23.1 Å². The Bertz CT molecular complexity index is 622. The number of β-amino-alcohol motifs (C(OH)–C–C–N with tert-alkyl or cyclic N) is 1. The van der Waals surface area contributed by atoms with E-state index in [-0.39, 0.29) is 28.9 Å². The Labute approximate surface area is 122 Å². The number of sulfonamides is 1. The lowest BCUT2D eigenvalue weighted by molar-refractivity contribution is -0.0764. The molecule has 1 aromatic rings. The Morgan fingerprint density at radius 2 is 1.84 bits per heavy atom. The molecule has 1 saturated carbocycles. The van der Waals surface area contributed by atoms with E-state index in [1.807, 2.05) is 0 Å². The highest BCUT2D eigenvalue weighted by molar-refractivity contribution is 7.89. The maximum atomic E-state index is 12.3. The lowest BCUT2D eigenvalue weighted by Crippen LogP contribution is -2.64. The van der Waals surface area contributed by atoms with Gasteiger partial charge in [0.05, 0.1) is 20.5 Å². The third kappa shape index (κ3) is 2.28. The molecule has 2 fully saturated rings. The van der Waals surface area contributed by atoms with E-state index in [2.05, 4.69) is 0 Å². The third-order valence-electron chi connectivity index (χ3n) is 3.77. The van der Waals surface area contributed by atoms with Gasteiger partial charge in [-0.25, -0.2) is 8.42 Å². The molecule has 0 amide bonds. The number of rotatable bonds is 3. The first-order valence-corrected chi connectivity index (χ1v) is 8.20. The summed E-state index contributed by atoms with van der Waals surface area (Å²) in [6.07, 6.45) is 1.97. The molecule has 0 bridgehead atoms. The van der Waals surface area contributed by atoms with Crippen molar-refractivity contribution >= 4 is 33.2 Å². The lowest BCUT2D eigenvalue weighted by Gasteiger charge is -2.45. The molecule has 1 aliphatic carbocycles. The first kappa shape index (κ1) is 13.6. The Morgan fingerprint density at radius 1 is 1.21 bits per heavy atom. The average molecular weight is 322 g/mol. The Hall–Kier alpha value is -0.330. The van der Waals surface area contributed by atoms with Gasteiger partial charge in [0.25, 0.3) is 0 Å². The highest BCUT2D eigenvalue weighted by atomic mass is 35.5. The van der Waals surface area contributed by atoms with Gasteiger partial charge in [-0.2, -0.15) is 4.31 Å². The van der Waals surface area contributed by atoms with E-state index in [1.54, 1.807) is 0 Å². The number of halogens is 2. The number of hydrogen-bond acceptors (Lipinski definition) is 3. The number of aliphatic hydroxyl groups is 1. The first-order chi connectivity index (χ1) is 8.83. The van der Waals surface area contributed by atoms with Crippen LogP contribution in [0.5, 0.6) is 0 Å². The summed E-state index contributed by atoms with van der Waals surface area (Å²) in [4.78, 5) is 0.111. The number of hydrogen-bond donors (Lipinski definition) is 1. The van der Waals surface area contributed by atoms with E-state index in [4.69, 9.17) is 23.2 Å². The molecule has 1 saturated heterocycles. The molecule has 1 heterocycles. The molecule has 0 unspecified atom stereocenters. The Morgan fingerprint density at radius 3 is 2.37 bits per heavy atom. The van der Waals surface area contributed by atoms with Gasteiger partial charge in [-0.3, -0.25) is 0 Å². The molecular formula is C12H13Cl2NO3S. The number of benzene rings is 1. The van der Waals surface area contributed by atoms with Crippen molar-refractivity contribution in [2.45, 2.75) is 23.3 Å². The highest BCUT2D eigenvalue weighted by Crippen LogP contribution is 2.46. The molecule has 19 heavy (non-hydrogen) atoms. The van der Waals surface area contributed by atoms with Gasteiger partial charge in [0.15, 0.2) is 0 Å². The molecule has 2 aliphatic rings. The van der Waals surface area contributed by atoms with E-state index in [9.17, 15) is 13.5 Å². The van der Waals surface area contributed by atoms with E-state index in [0.717, 1.165) is 12.8 Å². The first-order valence-electron chi connectivity index (χ1n) is 6.00. The van der Waals surface area contributed by atoms with Crippen LogP contribution in [0.1, 0.15) is 12.8 Å². The van der Waals surface area contributed by atoms with Crippen LogP contribution >= 0.6 is 23.2 Å². The van der Waals surface area contributed by atoms with Crippen molar-refractivity contribution in [2.24, 2.45) is 5.92 Å². The molecule has 0 aromatic heterocycles. The zero-order chi connectivity index (χ0) is 13.8. The molecule has 0 radical (unpaired) electrons.